The molecular formula is C24H37N3OS. The number of carbonyl (C=O) groups excluding carboxylic acids is 1. The molecule has 1 aliphatic carbocycles. The van der Waals surface area contributed by atoms with Gasteiger partial charge in [-0.1, -0.05) is 70.3 Å². The number of rotatable bonds is 3. The molecule has 1 aromatic carbocycles. The van der Waals surface area contributed by atoms with E-state index in [0.717, 1.165) is 10.9 Å². The van der Waals surface area contributed by atoms with Crippen LogP contribution in [0.3, 0.4) is 0 Å². The smallest absolute Gasteiger partial charge is 0.225 e. The van der Waals surface area contributed by atoms with E-state index in [2.05, 4.69) is 63.9 Å². The number of amidine groups is 1. The first-order valence-corrected chi connectivity index (χ1v) is 11.9. The molecule has 1 aliphatic heterocycles. The summed E-state index contributed by atoms with van der Waals surface area (Å²) < 4.78 is 0. The Labute approximate surface area is 181 Å². The number of carbonyl (C=O) groups is 1. The highest BCUT2D eigenvalue weighted by Gasteiger charge is 2.40. The molecule has 1 amide bonds. The van der Waals surface area contributed by atoms with Crippen molar-refractivity contribution in [1.29, 1.82) is 0 Å². The summed E-state index contributed by atoms with van der Waals surface area (Å²) in [5.41, 5.74) is 2.35. The van der Waals surface area contributed by atoms with Crippen LogP contribution in [0.15, 0.2) is 29.3 Å². The molecule has 2 aliphatic rings. The maximum absolute atomic E-state index is 12.7. The Balaban J connectivity index is 1.84. The van der Waals surface area contributed by atoms with Crippen LogP contribution in [0.2, 0.25) is 0 Å². The highest BCUT2D eigenvalue weighted by Crippen LogP contribution is 2.36. The molecule has 1 heterocycles. The molecule has 0 bridgehead atoms. The average Bonchev–Trinajstić information content (AvgIpc) is 2.83. The molecule has 2 fully saturated rings. The molecule has 2 unspecified atom stereocenters. The van der Waals surface area contributed by atoms with Gasteiger partial charge in [-0.2, -0.15) is 0 Å². The lowest BCUT2D eigenvalue weighted by molar-refractivity contribution is -0.117. The van der Waals surface area contributed by atoms with E-state index in [1.807, 2.05) is 16.7 Å². The summed E-state index contributed by atoms with van der Waals surface area (Å²) in [7, 11) is 2.09. The van der Waals surface area contributed by atoms with Crippen molar-refractivity contribution < 1.29 is 4.79 Å². The van der Waals surface area contributed by atoms with Crippen molar-refractivity contribution in [2.45, 2.75) is 96.0 Å². The van der Waals surface area contributed by atoms with Gasteiger partial charge in [0.2, 0.25) is 5.91 Å². The fraction of sp³-hybridized carbons (Fsp3) is 0.667. The third-order valence-electron chi connectivity index (χ3n) is 6.14. The quantitative estimate of drug-likeness (QED) is 0.585. The van der Waals surface area contributed by atoms with E-state index < -0.39 is 0 Å². The molecule has 0 aromatic heterocycles. The van der Waals surface area contributed by atoms with Crippen LogP contribution in [0.25, 0.3) is 0 Å². The van der Waals surface area contributed by atoms with Crippen molar-refractivity contribution in [3.8, 4) is 0 Å². The summed E-state index contributed by atoms with van der Waals surface area (Å²) in [5.74, 6) is 0.0773. The first-order valence-electron chi connectivity index (χ1n) is 11.1. The summed E-state index contributed by atoms with van der Waals surface area (Å²) in [6.07, 6.45) is 7.63. The predicted molar refractivity (Wildman–Crippen MR) is 126 cm³/mol. The first-order chi connectivity index (χ1) is 13.7. The first kappa shape index (κ1) is 22.2. The van der Waals surface area contributed by atoms with Crippen molar-refractivity contribution in [1.82, 2.24) is 4.90 Å². The van der Waals surface area contributed by atoms with Gasteiger partial charge in [0.25, 0.3) is 0 Å². The lowest BCUT2D eigenvalue weighted by atomic mass is 9.87. The number of hydrogen-bond acceptors (Lipinski definition) is 3. The fourth-order valence-electron chi connectivity index (χ4n) is 4.43. The van der Waals surface area contributed by atoms with Gasteiger partial charge in [-0.25, -0.2) is 0 Å². The van der Waals surface area contributed by atoms with E-state index >= 15 is 0 Å². The number of anilines is 1. The van der Waals surface area contributed by atoms with E-state index in [4.69, 9.17) is 4.99 Å². The summed E-state index contributed by atoms with van der Waals surface area (Å²) >= 11 is 1.81. The van der Waals surface area contributed by atoms with Crippen LogP contribution in [0.5, 0.6) is 0 Å². The summed E-state index contributed by atoms with van der Waals surface area (Å²) in [6, 6.07) is 8.92. The van der Waals surface area contributed by atoms with E-state index in [-0.39, 0.29) is 22.7 Å². The van der Waals surface area contributed by atoms with E-state index in [0.29, 0.717) is 6.04 Å². The lowest BCUT2D eigenvalue weighted by Crippen LogP contribution is -2.50. The Hall–Kier alpha value is -1.49. The van der Waals surface area contributed by atoms with Gasteiger partial charge in [0, 0.05) is 24.9 Å². The minimum absolute atomic E-state index is 0.0116. The molecular weight excluding hydrogens is 378 g/mol. The molecule has 0 N–H and O–H groups in total. The molecule has 1 saturated carbocycles. The lowest BCUT2D eigenvalue weighted by Gasteiger charge is -2.35. The van der Waals surface area contributed by atoms with E-state index in [9.17, 15) is 4.79 Å². The van der Waals surface area contributed by atoms with Gasteiger partial charge in [-0.05, 0) is 42.9 Å². The zero-order valence-corrected chi connectivity index (χ0v) is 19.8. The van der Waals surface area contributed by atoms with Gasteiger partial charge >= 0.3 is 0 Å². The van der Waals surface area contributed by atoms with Gasteiger partial charge < -0.3 is 4.90 Å². The van der Waals surface area contributed by atoms with Gasteiger partial charge in [-0.15, -0.1) is 0 Å². The van der Waals surface area contributed by atoms with Crippen molar-refractivity contribution in [3.05, 3.63) is 29.8 Å². The summed E-state index contributed by atoms with van der Waals surface area (Å²) in [6.45, 7) is 10.5. The highest BCUT2D eigenvalue weighted by atomic mass is 32.2. The molecule has 3 rings (SSSR count). The fourth-order valence-corrected chi connectivity index (χ4v) is 5.67. The Bertz CT molecular complexity index is 729. The molecule has 160 valence electrons. The average molecular weight is 416 g/mol. The Kier molecular flexibility index (Phi) is 6.98. The number of nitrogens with zero attached hydrogens (tertiary/aromatic N) is 3. The Morgan fingerprint density at radius 2 is 1.69 bits per heavy atom. The third kappa shape index (κ3) is 5.17. The molecule has 4 nitrogen and oxygen atoms in total. The van der Waals surface area contributed by atoms with Gasteiger partial charge in [-0.3, -0.25) is 14.7 Å². The van der Waals surface area contributed by atoms with Crippen molar-refractivity contribution >= 4 is 28.5 Å². The van der Waals surface area contributed by atoms with Gasteiger partial charge in [0.15, 0.2) is 5.17 Å². The second-order valence-corrected chi connectivity index (χ2v) is 10.9. The van der Waals surface area contributed by atoms with Crippen molar-refractivity contribution in [2.75, 3.05) is 11.9 Å². The second kappa shape index (κ2) is 9.11. The predicted octanol–water partition coefficient (Wildman–Crippen LogP) is 5.81. The van der Waals surface area contributed by atoms with Crippen LogP contribution in [0.4, 0.5) is 5.69 Å². The minimum atomic E-state index is -0.0116. The van der Waals surface area contributed by atoms with E-state index in [1.165, 1.54) is 44.1 Å². The van der Waals surface area contributed by atoms with Crippen LogP contribution in [-0.2, 0) is 10.2 Å². The van der Waals surface area contributed by atoms with Crippen LogP contribution >= 0.6 is 11.8 Å². The summed E-state index contributed by atoms with van der Waals surface area (Å²) in [4.78, 5) is 22.0. The van der Waals surface area contributed by atoms with Crippen molar-refractivity contribution in [2.24, 2.45) is 4.99 Å². The number of thioether (sulfide) groups is 1. The van der Waals surface area contributed by atoms with Crippen LogP contribution < -0.4 is 4.90 Å². The van der Waals surface area contributed by atoms with Gasteiger partial charge in [0.1, 0.15) is 6.17 Å². The molecule has 5 heteroatoms. The van der Waals surface area contributed by atoms with Crippen molar-refractivity contribution in [3.63, 3.8) is 0 Å². The molecule has 1 saturated heterocycles. The molecule has 2 atom stereocenters. The monoisotopic (exact) mass is 415 g/mol. The number of benzene rings is 1. The third-order valence-corrected chi connectivity index (χ3v) is 7.36. The molecule has 29 heavy (non-hydrogen) atoms. The minimum Gasteiger partial charge on any atom is -0.333 e. The van der Waals surface area contributed by atoms with Crippen LogP contribution in [0.1, 0.15) is 78.7 Å². The second-order valence-electron chi connectivity index (χ2n) is 9.59. The topological polar surface area (TPSA) is 35.9 Å². The standard InChI is InChI=1S/C24H37N3OS/c1-17-22(26(6)23(29-17)25-20-11-9-7-8-10-12-20)27(18(2)28)21-15-13-19(14-16-21)24(3,4)5/h13-17,20,22H,7-12H2,1-6H3. The SMILES string of the molecule is CC(=O)N(c1ccc(C(C)(C)C)cc1)C1C(C)SC(=NC2CCCCCC2)N1C. The number of amides is 1. The maximum atomic E-state index is 12.7. The number of hydrogen-bond donors (Lipinski definition) is 0. The Morgan fingerprint density at radius 1 is 1.10 bits per heavy atom. The molecule has 0 radical (unpaired) electrons. The zero-order valence-electron chi connectivity index (χ0n) is 18.9. The van der Waals surface area contributed by atoms with E-state index in [1.54, 1.807) is 6.92 Å². The molecule has 1 aromatic rings. The van der Waals surface area contributed by atoms with Crippen LogP contribution in [0, 0.1) is 0 Å². The Morgan fingerprint density at radius 3 is 2.21 bits per heavy atom. The van der Waals surface area contributed by atoms with Crippen LogP contribution in [-0.4, -0.2) is 40.5 Å². The molecule has 0 spiro atoms. The maximum Gasteiger partial charge on any atom is 0.225 e. The normalized spacial score (nSPS) is 25.3. The highest BCUT2D eigenvalue weighted by molar-refractivity contribution is 8.14. The van der Waals surface area contributed by atoms with Gasteiger partial charge in [0.05, 0.1) is 6.04 Å². The zero-order chi connectivity index (χ0) is 21.2. The number of aliphatic imine (C=N–C) groups is 1. The largest absolute Gasteiger partial charge is 0.333 e. The summed E-state index contributed by atoms with van der Waals surface area (Å²) in [5, 5.41) is 1.36.